The molecule has 0 aliphatic rings. The maximum Gasteiger partial charge on any atom is 0.257 e. The molecule has 0 fully saturated rings. The zero-order chi connectivity index (χ0) is 21.3. The topological polar surface area (TPSA) is 74.3 Å². The summed E-state index contributed by atoms with van der Waals surface area (Å²) in [5.41, 5.74) is 2.18. The number of benzene rings is 2. The third-order valence-electron chi connectivity index (χ3n) is 4.44. The van der Waals surface area contributed by atoms with Gasteiger partial charge in [-0.25, -0.2) is 4.39 Å². The summed E-state index contributed by atoms with van der Waals surface area (Å²) in [4.78, 5) is 31.2. The van der Waals surface area contributed by atoms with Crippen molar-refractivity contribution >= 4 is 23.2 Å². The van der Waals surface area contributed by atoms with E-state index in [4.69, 9.17) is 0 Å². The lowest BCUT2D eigenvalue weighted by Gasteiger charge is -2.17. The van der Waals surface area contributed by atoms with Crippen LogP contribution in [0.2, 0.25) is 0 Å². The molecule has 0 aliphatic carbocycles. The van der Waals surface area contributed by atoms with Crippen molar-refractivity contribution in [2.45, 2.75) is 6.42 Å². The average molecular weight is 406 g/mol. The molecular formula is C23H23FN4O2. The molecule has 2 N–H and O–H groups in total. The standard InChI is InChI=1S/C23H23FN4O2/c1-28(15-13-18-6-4-5-14-25-18)16-22(29)27-21-8-3-2-7-20(21)23(30)26-19-11-9-17(24)10-12-19/h2-12,14H,13,15-16H2,1H3,(H,26,30)(H,27,29). The first-order chi connectivity index (χ1) is 14.5. The predicted octanol–water partition coefficient (Wildman–Crippen LogP) is 3.59. The number of para-hydroxylation sites is 1. The first-order valence-corrected chi connectivity index (χ1v) is 9.55. The lowest BCUT2D eigenvalue weighted by molar-refractivity contribution is -0.117. The molecule has 1 heterocycles. The quantitative estimate of drug-likeness (QED) is 0.600. The van der Waals surface area contributed by atoms with Gasteiger partial charge in [0.1, 0.15) is 5.82 Å². The van der Waals surface area contributed by atoms with E-state index >= 15 is 0 Å². The minimum absolute atomic E-state index is 0.181. The van der Waals surface area contributed by atoms with Crippen LogP contribution < -0.4 is 10.6 Å². The molecule has 7 heteroatoms. The molecule has 154 valence electrons. The first-order valence-electron chi connectivity index (χ1n) is 9.55. The Morgan fingerprint density at radius 2 is 1.70 bits per heavy atom. The molecule has 0 bridgehead atoms. The van der Waals surface area contributed by atoms with Crippen LogP contribution in [-0.4, -0.2) is 41.8 Å². The van der Waals surface area contributed by atoms with E-state index < -0.39 is 0 Å². The van der Waals surface area contributed by atoms with Crippen LogP contribution in [0, 0.1) is 5.82 Å². The van der Waals surface area contributed by atoms with Crippen molar-refractivity contribution in [3.63, 3.8) is 0 Å². The van der Waals surface area contributed by atoms with Crippen LogP contribution in [0.1, 0.15) is 16.1 Å². The van der Waals surface area contributed by atoms with Gasteiger partial charge in [0.05, 0.1) is 17.8 Å². The van der Waals surface area contributed by atoms with Gasteiger partial charge in [-0.05, 0) is 55.6 Å². The third kappa shape index (κ3) is 6.22. The van der Waals surface area contributed by atoms with Crippen LogP contribution >= 0.6 is 0 Å². The van der Waals surface area contributed by atoms with E-state index in [1.54, 1.807) is 30.5 Å². The molecule has 30 heavy (non-hydrogen) atoms. The lowest BCUT2D eigenvalue weighted by atomic mass is 10.1. The Labute approximate surface area is 174 Å². The van der Waals surface area contributed by atoms with Gasteiger partial charge in [-0.15, -0.1) is 0 Å². The maximum absolute atomic E-state index is 13.0. The summed E-state index contributed by atoms with van der Waals surface area (Å²) in [7, 11) is 1.86. The Kier molecular flexibility index (Phi) is 7.24. The van der Waals surface area contributed by atoms with Crippen LogP contribution in [0.4, 0.5) is 15.8 Å². The van der Waals surface area contributed by atoms with Gasteiger partial charge in [0.2, 0.25) is 5.91 Å². The highest BCUT2D eigenvalue weighted by Crippen LogP contribution is 2.18. The molecule has 6 nitrogen and oxygen atoms in total. The largest absolute Gasteiger partial charge is 0.324 e. The molecule has 2 amide bonds. The number of halogens is 1. The summed E-state index contributed by atoms with van der Waals surface area (Å²) in [6.07, 6.45) is 2.48. The van der Waals surface area contributed by atoms with Crippen molar-refractivity contribution in [1.82, 2.24) is 9.88 Å². The van der Waals surface area contributed by atoms with Crippen LogP contribution in [-0.2, 0) is 11.2 Å². The molecule has 3 rings (SSSR count). The summed E-state index contributed by atoms with van der Waals surface area (Å²) >= 11 is 0. The molecule has 0 saturated carbocycles. The van der Waals surface area contributed by atoms with Gasteiger partial charge >= 0.3 is 0 Å². The van der Waals surface area contributed by atoms with Gasteiger partial charge < -0.3 is 10.6 Å². The van der Waals surface area contributed by atoms with E-state index in [2.05, 4.69) is 15.6 Å². The van der Waals surface area contributed by atoms with Gasteiger partial charge in [0.15, 0.2) is 0 Å². The number of amides is 2. The van der Waals surface area contributed by atoms with Crippen LogP contribution in [0.25, 0.3) is 0 Å². The number of nitrogens with zero attached hydrogens (tertiary/aromatic N) is 2. The minimum atomic E-state index is -0.388. The molecule has 0 saturated heterocycles. The van der Waals surface area contributed by atoms with Crippen molar-refractivity contribution in [2.75, 3.05) is 30.8 Å². The highest BCUT2D eigenvalue weighted by Gasteiger charge is 2.14. The third-order valence-corrected chi connectivity index (χ3v) is 4.44. The Balaban J connectivity index is 1.57. The van der Waals surface area contributed by atoms with E-state index in [-0.39, 0.29) is 24.2 Å². The Hall–Kier alpha value is -3.58. The fourth-order valence-electron chi connectivity index (χ4n) is 2.89. The Bertz CT molecular complexity index is 994. The van der Waals surface area contributed by atoms with Crippen molar-refractivity contribution in [3.8, 4) is 0 Å². The zero-order valence-electron chi connectivity index (χ0n) is 16.6. The zero-order valence-corrected chi connectivity index (χ0v) is 16.6. The molecule has 1 aromatic heterocycles. The SMILES string of the molecule is CN(CCc1ccccn1)CC(=O)Nc1ccccc1C(=O)Nc1ccc(F)cc1. The van der Waals surface area contributed by atoms with E-state index in [1.807, 2.05) is 30.1 Å². The number of rotatable bonds is 8. The van der Waals surface area contributed by atoms with Crippen LogP contribution in [0.15, 0.2) is 72.9 Å². The van der Waals surface area contributed by atoms with Crippen molar-refractivity contribution in [3.05, 3.63) is 90.0 Å². The molecule has 2 aromatic carbocycles. The number of aromatic nitrogens is 1. The van der Waals surface area contributed by atoms with Gasteiger partial charge in [0.25, 0.3) is 5.91 Å². The second kappa shape index (κ2) is 10.3. The summed E-state index contributed by atoms with van der Waals surface area (Å²) in [6.45, 7) is 0.859. The van der Waals surface area contributed by atoms with Gasteiger partial charge in [0, 0.05) is 30.5 Å². The summed E-state index contributed by atoms with van der Waals surface area (Å²) < 4.78 is 13.0. The predicted molar refractivity (Wildman–Crippen MR) is 115 cm³/mol. The fraction of sp³-hybridized carbons (Fsp3) is 0.174. The van der Waals surface area contributed by atoms with E-state index in [0.717, 1.165) is 12.1 Å². The van der Waals surface area contributed by atoms with E-state index in [1.165, 1.54) is 24.3 Å². The molecule has 0 radical (unpaired) electrons. The second-order valence-electron chi connectivity index (χ2n) is 6.86. The van der Waals surface area contributed by atoms with Gasteiger partial charge in [-0.3, -0.25) is 19.5 Å². The van der Waals surface area contributed by atoms with Crippen molar-refractivity contribution in [2.24, 2.45) is 0 Å². The van der Waals surface area contributed by atoms with Crippen LogP contribution in [0.5, 0.6) is 0 Å². The maximum atomic E-state index is 13.0. The molecule has 3 aromatic rings. The highest BCUT2D eigenvalue weighted by atomic mass is 19.1. The van der Waals surface area contributed by atoms with Crippen molar-refractivity contribution in [1.29, 1.82) is 0 Å². The fourth-order valence-corrected chi connectivity index (χ4v) is 2.89. The van der Waals surface area contributed by atoms with Gasteiger partial charge in [-0.2, -0.15) is 0 Å². The van der Waals surface area contributed by atoms with Crippen molar-refractivity contribution < 1.29 is 14.0 Å². The van der Waals surface area contributed by atoms with E-state index in [9.17, 15) is 14.0 Å². The number of carbonyl (C=O) groups excluding carboxylic acids is 2. The molecular weight excluding hydrogens is 383 g/mol. The first kappa shape index (κ1) is 21.1. The smallest absolute Gasteiger partial charge is 0.257 e. The summed E-state index contributed by atoms with van der Waals surface area (Å²) in [5.74, 6) is -0.991. The number of nitrogens with one attached hydrogen (secondary N) is 2. The minimum Gasteiger partial charge on any atom is -0.324 e. The summed E-state index contributed by atoms with van der Waals surface area (Å²) in [6, 6.07) is 18.0. The summed E-state index contributed by atoms with van der Waals surface area (Å²) in [5, 5.41) is 5.50. The second-order valence-corrected chi connectivity index (χ2v) is 6.86. The number of pyridine rings is 1. The number of hydrogen-bond donors (Lipinski definition) is 2. The lowest BCUT2D eigenvalue weighted by Crippen LogP contribution is -2.32. The number of hydrogen-bond acceptors (Lipinski definition) is 4. The Morgan fingerprint density at radius 1 is 0.967 bits per heavy atom. The monoisotopic (exact) mass is 406 g/mol. The van der Waals surface area contributed by atoms with E-state index in [0.29, 0.717) is 23.5 Å². The van der Waals surface area contributed by atoms with Gasteiger partial charge in [-0.1, -0.05) is 18.2 Å². The molecule has 0 unspecified atom stereocenters. The Morgan fingerprint density at radius 3 is 2.43 bits per heavy atom. The van der Waals surface area contributed by atoms with Crippen LogP contribution in [0.3, 0.4) is 0 Å². The average Bonchev–Trinajstić information content (AvgIpc) is 2.75. The number of anilines is 2. The highest BCUT2D eigenvalue weighted by molar-refractivity contribution is 6.10. The molecule has 0 atom stereocenters. The normalized spacial score (nSPS) is 10.6. The number of likely N-dealkylation sites (N-methyl/N-ethyl adjacent to an activating group) is 1. The number of carbonyl (C=O) groups is 2. The molecule has 0 spiro atoms. The molecule has 0 aliphatic heterocycles.